The maximum atomic E-state index is 12.2. The second-order valence-electron chi connectivity index (χ2n) is 10.2. The number of carboxylic acids is 1. The number of carbonyl (C=O) groups excluding carboxylic acids is 3. The van der Waals surface area contributed by atoms with Gasteiger partial charge in [0, 0.05) is 25.8 Å². The standard InChI is InChI=1S/C30H54N2O8/c1-26(34)16-14-12-10-8-6-4-2-3-5-7-9-11-13-15-17-29(36)32-27(30(37)38)18-19-28(35)31-20-22-39-24-25-40-23-21-33/h21,27,34H,1-20,22-25H2,(H,31,35)(H,32,36)(H,37,38). The molecule has 2 amide bonds. The molecule has 0 aromatic carbocycles. The molecular weight excluding hydrogens is 516 g/mol. The molecule has 0 aliphatic rings. The van der Waals surface area contributed by atoms with Crippen LogP contribution in [0.3, 0.4) is 0 Å². The molecule has 0 aromatic heterocycles. The fraction of sp³-hybridized carbons (Fsp3) is 0.800. The number of aliphatic carboxylic acids is 1. The van der Waals surface area contributed by atoms with Crippen molar-refractivity contribution in [3.05, 3.63) is 12.3 Å². The van der Waals surface area contributed by atoms with Gasteiger partial charge in [0.05, 0.1) is 25.6 Å². The van der Waals surface area contributed by atoms with Crippen LogP contribution < -0.4 is 10.6 Å². The van der Waals surface area contributed by atoms with E-state index in [1.807, 2.05) is 0 Å². The topological polar surface area (TPSA) is 151 Å². The molecule has 0 aliphatic carbocycles. The average molecular weight is 571 g/mol. The molecule has 0 aliphatic heterocycles. The number of hydrogen-bond acceptors (Lipinski definition) is 7. The van der Waals surface area contributed by atoms with E-state index in [9.17, 15) is 24.3 Å². The second-order valence-corrected chi connectivity index (χ2v) is 10.2. The third-order valence-electron chi connectivity index (χ3n) is 6.54. The Labute approximate surface area is 240 Å². The summed E-state index contributed by atoms with van der Waals surface area (Å²) in [4.78, 5) is 45.7. The van der Waals surface area contributed by atoms with Crippen molar-refractivity contribution in [2.24, 2.45) is 0 Å². The van der Waals surface area contributed by atoms with Crippen molar-refractivity contribution in [2.75, 3.05) is 33.0 Å². The van der Waals surface area contributed by atoms with Gasteiger partial charge < -0.3 is 35.1 Å². The summed E-state index contributed by atoms with van der Waals surface area (Å²) >= 11 is 0. The molecule has 0 saturated heterocycles. The predicted octanol–water partition coefficient (Wildman–Crippen LogP) is 5.00. The molecule has 0 spiro atoms. The Morgan fingerprint density at radius 2 is 1.18 bits per heavy atom. The molecule has 232 valence electrons. The number of amides is 2. The SMILES string of the molecule is C=C(O)CCCCCCCCCCCCCCCCC(=O)NC(CCC(=O)NCCOCCOCC=O)C(=O)O. The fourth-order valence-electron chi connectivity index (χ4n) is 4.24. The predicted molar refractivity (Wildman–Crippen MR) is 155 cm³/mol. The van der Waals surface area contributed by atoms with Crippen molar-refractivity contribution in [1.29, 1.82) is 0 Å². The van der Waals surface area contributed by atoms with Crippen molar-refractivity contribution in [2.45, 2.75) is 122 Å². The van der Waals surface area contributed by atoms with Crippen LogP contribution in [0.5, 0.6) is 0 Å². The number of aldehydes is 1. The summed E-state index contributed by atoms with van der Waals surface area (Å²) in [5, 5.41) is 23.6. The van der Waals surface area contributed by atoms with Crippen molar-refractivity contribution < 1.29 is 38.9 Å². The number of nitrogens with one attached hydrogen (secondary N) is 2. The van der Waals surface area contributed by atoms with E-state index in [1.165, 1.54) is 57.8 Å². The number of carboxylic acid groups (broad SMARTS) is 1. The molecule has 0 heterocycles. The highest BCUT2D eigenvalue weighted by Crippen LogP contribution is 2.14. The molecule has 40 heavy (non-hydrogen) atoms. The third kappa shape index (κ3) is 27.1. The maximum absolute atomic E-state index is 12.2. The van der Waals surface area contributed by atoms with Crippen LogP contribution in [-0.2, 0) is 28.7 Å². The zero-order valence-corrected chi connectivity index (χ0v) is 24.5. The van der Waals surface area contributed by atoms with Gasteiger partial charge in [0.25, 0.3) is 0 Å². The van der Waals surface area contributed by atoms with Crippen molar-refractivity contribution >= 4 is 24.1 Å². The number of hydrogen-bond donors (Lipinski definition) is 4. The number of aliphatic hydroxyl groups excluding tert-OH is 1. The lowest BCUT2D eigenvalue weighted by atomic mass is 10.0. The molecule has 10 nitrogen and oxygen atoms in total. The van der Waals surface area contributed by atoms with Gasteiger partial charge in [-0.2, -0.15) is 0 Å². The molecule has 0 aromatic rings. The lowest BCUT2D eigenvalue weighted by molar-refractivity contribution is -0.142. The highest BCUT2D eigenvalue weighted by Gasteiger charge is 2.20. The molecule has 0 saturated carbocycles. The molecule has 1 atom stereocenters. The first kappa shape index (κ1) is 37.5. The van der Waals surface area contributed by atoms with Crippen LogP contribution in [0.15, 0.2) is 12.3 Å². The van der Waals surface area contributed by atoms with Gasteiger partial charge in [0.2, 0.25) is 11.8 Å². The normalized spacial score (nSPS) is 11.6. The Kier molecular flexibility index (Phi) is 26.4. The number of allylic oxidation sites excluding steroid dienone is 1. The van der Waals surface area contributed by atoms with Gasteiger partial charge in [-0.15, -0.1) is 0 Å². The number of ether oxygens (including phenoxy) is 2. The fourth-order valence-corrected chi connectivity index (χ4v) is 4.24. The number of aliphatic hydroxyl groups is 1. The summed E-state index contributed by atoms with van der Waals surface area (Å²) in [5.41, 5.74) is 0. The highest BCUT2D eigenvalue weighted by atomic mass is 16.5. The van der Waals surface area contributed by atoms with Gasteiger partial charge in [-0.3, -0.25) is 9.59 Å². The Morgan fingerprint density at radius 1 is 0.675 bits per heavy atom. The number of rotatable bonds is 30. The summed E-state index contributed by atoms with van der Waals surface area (Å²) < 4.78 is 10.2. The summed E-state index contributed by atoms with van der Waals surface area (Å²) in [6.07, 6.45) is 17.9. The Morgan fingerprint density at radius 3 is 1.68 bits per heavy atom. The van der Waals surface area contributed by atoms with E-state index in [2.05, 4.69) is 17.2 Å². The van der Waals surface area contributed by atoms with E-state index < -0.39 is 12.0 Å². The lowest BCUT2D eigenvalue weighted by Crippen LogP contribution is -2.41. The van der Waals surface area contributed by atoms with E-state index in [4.69, 9.17) is 14.6 Å². The first-order valence-corrected chi connectivity index (χ1v) is 15.1. The molecule has 0 bridgehead atoms. The van der Waals surface area contributed by atoms with Crippen LogP contribution in [0, 0.1) is 0 Å². The Balaban J connectivity index is 3.64. The number of unbranched alkanes of at least 4 members (excludes halogenated alkanes) is 13. The van der Waals surface area contributed by atoms with Crippen LogP contribution in [0.2, 0.25) is 0 Å². The Bertz CT molecular complexity index is 687. The highest BCUT2D eigenvalue weighted by molar-refractivity contribution is 5.84. The largest absolute Gasteiger partial charge is 0.513 e. The quantitative estimate of drug-likeness (QED) is 0.0535. The van der Waals surface area contributed by atoms with E-state index in [1.54, 1.807) is 0 Å². The van der Waals surface area contributed by atoms with Crippen molar-refractivity contribution in [3.63, 3.8) is 0 Å². The number of carbonyl (C=O) groups is 4. The summed E-state index contributed by atoms with van der Waals surface area (Å²) in [5.74, 6) is -1.46. The van der Waals surface area contributed by atoms with Crippen LogP contribution in [0.25, 0.3) is 0 Å². The van der Waals surface area contributed by atoms with E-state index >= 15 is 0 Å². The minimum atomic E-state index is -1.15. The van der Waals surface area contributed by atoms with Crippen molar-refractivity contribution in [1.82, 2.24) is 10.6 Å². The van der Waals surface area contributed by atoms with Crippen molar-refractivity contribution in [3.8, 4) is 0 Å². The van der Waals surface area contributed by atoms with Crippen LogP contribution in [0.4, 0.5) is 0 Å². The first-order valence-electron chi connectivity index (χ1n) is 15.1. The van der Waals surface area contributed by atoms with Gasteiger partial charge in [-0.1, -0.05) is 83.6 Å². The van der Waals surface area contributed by atoms with Gasteiger partial charge >= 0.3 is 5.97 Å². The maximum Gasteiger partial charge on any atom is 0.326 e. The van der Waals surface area contributed by atoms with Gasteiger partial charge in [-0.25, -0.2) is 4.79 Å². The van der Waals surface area contributed by atoms with E-state index in [0.717, 1.165) is 38.5 Å². The minimum Gasteiger partial charge on any atom is -0.513 e. The van der Waals surface area contributed by atoms with Crippen LogP contribution in [0.1, 0.15) is 116 Å². The molecule has 0 rings (SSSR count). The molecule has 10 heteroatoms. The average Bonchev–Trinajstić information content (AvgIpc) is 2.91. The van der Waals surface area contributed by atoms with E-state index in [-0.39, 0.29) is 44.4 Å². The summed E-state index contributed by atoms with van der Waals surface area (Å²) in [7, 11) is 0. The zero-order chi connectivity index (χ0) is 29.7. The monoisotopic (exact) mass is 570 g/mol. The summed E-state index contributed by atoms with van der Waals surface area (Å²) in [6, 6.07) is -1.09. The molecule has 4 N–H and O–H groups in total. The minimum absolute atomic E-state index is 0.0120. The molecule has 1 unspecified atom stereocenters. The van der Waals surface area contributed by atoms with E-state index in [0.29, 0.717) is 31.7 Å². The lowest BCUT2D eigenvalue weighted by Gasteiger charge is -2.14. The smallest absolute Gasteiger partial charge is 0.326 e. The first-order chi connectivity index (χ1) is 19.4. The van der Waals surface area contributed by atoms with Gasteiger partial charge in [0.1, 0.15) is 18.9 Å². The molecule has 0 radical (unpaired) electrons. The van der Waals surface area contributed by atoms with Gasteiger partial charge in [0.15, 0.2) is 0 Å². The summed E-state index contributed by atoms with van der Waals surface area (Å²) in [6.45, 7) is 4.69. The molecule has 0 fully saturated rings. The second kappa shape index (κ2) is 28.1. The zero-order valence-electron chi connectivity index (χ0n) is 24.5. The van der Waals surface area contributed by atoms with Crippen LogP contribution in [-0.4, -0.2) is 73.3 Å². The third-order valence-corrected chi connectivity index (χ3v) is 6.54. The Hall–Kier alpha value is -2.46. The van der Waals surface area contributed by atoms with Gasteiger partial charge in [-0.05, 0) is 19.3 Å². The molecular formula is C30H54N2O8. The van der Waals surface area contributed by atoms with Crippen LogP contribution >= 0.6 is 0 Å².